The first kappa shape index (κ1) is 21.7. The molecule has 0 saturated heterocycles. The van der Waals surface area contributed by atoms with E-state index < -0.39 is 6.04 Å². The summed E-state index contributed by atoms with van der Waals surface area (Å²) in [4.78, 5) is 25.1. The molecule has 0 fully saturated rings. The van der Waals surface area contributed by atoms with Crippen molar-refractivity contribution in [3.8, 4) is 11.3 Å². The van der Waals surface area contributed by atoms with E-state index >= 15 is 0 Å². The Hall–Kier alpha value is -4.17. The molecular formula is C26H27N7O. The minimum Gasteiger partial charge on any atom is -0.371 e. The highest BCUT2D eigenvalue weighted by molar-refractivity contribution is 6.07. The van der Waals surface area contributed by atoms with Crippen molar-refractivity contribution in [2.45, 2.75) is 19.0 Å². The predicted molar refractivity (Wildman–Crippen MR) is 135 cm³/mol. The fourth-order valence-corrected chi connectivity index (χ4v) is 4.26. The van der Waals surface area contributed by atoms with Gasteiger partial charge in [0.2, 0.25) is 5.91 Å². The number of aromatic nitrogens is 4. The molecule has 8 heteroatoms. The first-order valence-electron chi connectivity index (χ1n) is 11.2. The molecular weight excluding hydrogens is 426 g/mol. The summed E-state index contributed by atoms with van der Waals surface area (Å²) < 4.78 is 2.00. The number of fused-ring (bicyclic) bond motifs is 3. The van der Waals surface area contributed by atoms with Crippen LogP contribution in [-0.2, 0) is 24.8 Å². The van der Waals surface area contributed by atoms with Crippen LogP contribution in [0.4, 0.5) is 5.82 Å². The van der Waals surface area contributed by atoms with Crippen molar-refractivity contribution in [1.82, 2.24) is 24.8 Å². The van der Waals surface area contributed by atoms with E-state index in [9.17, 15) is 4.79 Å². The van der Waals surface area contributed by atoms with Gasteiger partial charge in [0.25, 0.3) is 0 Å². The smallest absolute Gasteiger partial charge is 0.237 e. The molecule has 8 nitrogen and oxygen atoms in total. The highest BCUT2D eigenvalue weighted by Gasteiger charge is 2.16. The average molecular weight is 454 g/mol. The molecule has 2 aromatic carbocycles. The fourth-order valence-electron chi connectivity index (χ4n) is 4.26. The normalized spacial score (nSPS) is 12.2. The van der Waals surface area contributed by atoms with Crippen LogP contribution < -0.4 is 16.4 Å². The molecule has 5 N–H and O–H groups in total. The van der Waals surface area contributed by atoms with Crippen LogP contribution in [-0.4, -0.2) is 38.5 Å². The summed E-state index contributed by atoms with van der Waals surface area (Å²) in [5, 5.41) is 7.10. The number of H-pyrrole nitrogens is 1. The lowest BCUT2D eigenvalue weighted by molar-refractivity contribution is -0.122. The Labute approximate surface area is 197 Å². The number of aromatic amines is 1. The lowest BCUT2D eigenvalue weighted by atomic mass is 10.1. The van der Waals surface area contributed by atoms with E-state index in [0.717, 1.165) is 50.3 Å². The molecule has 3 heterocycles. The molecule has 0 spiro atoms. The summed E-state index contributed by atoms with van der Waals surface area (Å²) >= 11 is 0. The first-order chi connectivity index (χ1) is 16.5. The van der Waals surface area contributed by atoms with E-state index in [1.54, 1.807) is 6.33 Å². The minimum absolute atomic E-state index is 0.165. The van der Waals surface area contributed by atoms with E-state index in [4.69, 9.17) is 10.7 Å². The van der Waals surface area contributed by atoms with Crippen LogP contribution in [0, 0.1) is 0 Å². The van der Waals surface area contributed by atoms with Crippen LogP contribution >= 0.6 is 0 Å². The van der Waals surface area contributed by atoms with E-state index in [2.05, 4.69) is 32.7 Å². The summed E-state index contributed by atoms with van der Waals surface area (Å²) in [6.45, 7) is 0.406. The van der Waals surface area contributed by atoms with Gasteiger partial charge in [0.1, 0.15) is 11.2 Å². The molecule has 5 rings (SSSR count). The number of benzene rings is 2. The van der Waals surface area contributed by atoms with Gasteiger partial charge in [0.05, 0.1) is 17.9 Å². The van der Waals surface area contributed by atoms with Crippen molar-refractivity contribution < 1.29 is 4.79 Å². The quantitative estimate of drug-likeness (QED) is 0.302. The van der Waals surface area contributed by atoms with E-state index in [1.165, 1.54) is 0 Å². The number of nitrogens with zero attached hydrogens (tertiary/aromatic N) is 3. The number of carbonyl (C=O) groups is 1. The largest absolute Gasteiger partial charge is 0.371 e. The van der Waals surface area contributed by atoms with Crippen LogP contribution in [0.1, 0.15) is 11.1 Å². The molecule has 1 amide bonds. The number of carbonyl (C=O) groups excluding carboxylic acids is 1. The number of imidazole rings is 1. The number of nitrogens with one attached hydrogen (secondary N) is 3. The Morgan fingerprint density at radius 2 is 1.91 bits per heavy atom. The zero-order chi connectivity index (χ0) is 23.7. The summed E-state index contributed by atoms with van der Waals surface area (Å²) in [5.74, 6) is 0.571. The number of anilines is 1. The van der Waals surface area contributed by atoms with Gasteiger partial charge in [-0.15, -0.1) is 0 Å². The molecule has 0 saturated carbocycles. The van der Waals surface area contributed by atoms with Crippen molar-refractivity contribution in [2.75, 3.05) is 12.4 Å². The zero-order valence-corrected chi connectivity index (χ0v) is 19.2. The summed E-state index contributed by atoms with van der Waals surface area (Å²) in [6.07, 6.45) is 2.30. The second-order valence-corrected chi connectivity index (χ2v) is 8.42. The maximum atomic E-state index is 12.5. The molecule has 1 atom stereocenters. The van der Waals surface area contributed by atoms with Gasteiger partial charge in [0.15, 0.2) is 5.82 Å². The van der Waals surface area contributed by atoms with Crippen molar-refractivity contribution in [2.24, 2.45) is 12.8 Å². The Morgan fingerprint density at radius 1 is 1.12 bits per heavy atom. The zero-order valence-electron chi connectivity index (χ0n) is 19.2. The van der Waals surface area contributed by atoms with Crippen molar-refractivity contribution in [3.63, 3.8) is 0 Å². The Morgan fingerprint density at radius 3 is 2.71 bits per heavy atom. The third kappa shape index (κ3) is 4.11. The van der Waals surface area contributed by atoms with Gasteiger partial charge < -0.3 is 25.9 Å². The van der Waals surface area contributed by atoms with Crippen LogP contribution in [0.5, 0.6) is 0 Å². The average Bonchev–Trinajstić information content (AvgIpc) is 3.46. The predicted octanol–water partition coefficient (Wildman–Crippen LogP) is 3.34. The van der Waals surface area contributed by atoms with Crippen molar-refractivity contribution in [1.29, 1.82) is 0 Å². The number of hydrogen-bond donors (Lipinski definition) is 4. The summed E-state index contributed by atoms with van der Waals surface area (Å²) in [7, 11) is 3.82. The molecule has 0 radical (unpaired) electrons. The van der Waals surface area contributed by atoms with Crippen molar-refractivity contribution >= 4 is 33.8 Å². The van der Waals surface area contributed by atoms with Gasteiger partial charge in [0, 0.05) is 31.7 Å². The van der Waals surface area contributed by atoms with Gasteiger partial charge in [-0.1, -0.05) is 48.5 Å². The number of nitrogens with two attached hydrogens (primary N) is 1. The molecule has 3 aromatic heterocycles. The highest BCUT2D eigenvalue weighted by atomic mass is 16.2. The molecule has 0 aliphatic rings. The number of aryl methyl sites for hydroxylation is 1. The van der Waals surface area contributed by atoms with Gasteiger partial charge in [-0.2, -0.15) is 0 Å². The second-order valence-electron chi connectivity index (χ2n) is 8.42. The summed E-state index contributed by atoms with van der Waals surface area (Å²) in [5.41, 5.74) is 12.8. The van der Waals surface area contributed by atoms with Crippen LogP contribution in [0.3, 0.4) is 0 Å². The number of amides is 1. The molecule has 34 heavy (non-hydrogen) atoms. The molecule has 5 aromatic rings. The van der Waals surface area contributed by atoms with E-state index in [-0.39, 0.29) is 5.91 Å². The van der Waals surface area contributed by atoms with Gasteiger partial charge in [-0.05, 0) is 35.2 Å². The Kier molecular flexibility index (Phi) is 5.73. The minimum atomic E-state index is -0.590. The maximum Gasteiger partial charge on any atom is 0.237 e. The Bertz CT molecular complexity index is 1470. The maximum absolute atomic E-state index is 12.5. The third-order valence-corrected chi connectivity index (χ3v) is 6.01. The summed E-state index contributed by atoms with van der Waals surface area (Å²) in [6, 6.07) is 19.4. The Balaban J connectivity index is 1.35. The monoisotopic (exact) mass is 453 g/mol. The van der Waals surface area contributed by atoms with Crippen LogP contribution in [0.25, 0.3) is 33.3 Å². The molecule has 0 unspecified atom stereocenters. The highest BCUT2D eigenvalue weighted by Crippen LogP contribution is 2.31. The third-order valence-electron chi connectivity index (χ3n) is 6.01. The molecule has 0 aliphatic heterocycles. The number of hydrogen-bond acceptors (Lipinski definition) is 5. The lowest BCUT2D eigenvalue weighted by Gasteiger charge is -2.13. The molecule has 0 bridgehead atoms. The SMILES string of the molecule is CNc1nc2[nH]c(-c3cccc(CNC(=O)[C@H](N)Cc4ccccc4)c3)cc2c2c1ncn2C. The second kappa shape index (κ2) is 8.99. The van der Waals surface area contributed by atoms with E-state index in [1.807, 2.05) is 67.2 Å². The first-order valence-corrected chi connectivity index (χ1v) is 11.2. The van der Waals surface area contributed by atoms with Crippen molar-refractivity contribution in [3.05, 3.63) is 78.1 Å². The number of pyridine rings is 1. The molecule has 0 aliphatic carbocycles. The van der Waals surface area contributed by atoms with E-state index in [0.29, 0.717) is 13.0 Å². The lowest BCUT2D eigenvalue weighted by Crippen LogP contribution is -2.41. The van der Waals surface area contributed by atoms with Crippen LogP contribution in [0.2, 0.25) is 0 Å². The van der Waals surface area contributed by atoms with Gasteiger partial charge >= 0.3 is 0 Å². The van der Waals surface area contributed by atoms with Gasteiger partial charge in [-0.3, -0.25) is 4.79 Å². The van der Waals surface area contributed by atoms with Crippen LogP contribution in [0.15, 0.2) is 67.0 Å². The fraction of sp³-hybridized carbons (Fsp3) is 0.192. The van der Waals surface area contributed by atoms with Gasteiger partial charge in [-0.25, -0.2) is 9.97 Å². The standard InChI is InChI=1S/C26H27N7O/c1-28-25-22-23(33(2)15-30-22)19-13-21(31-24(19)32-25)18-10-6-9-17(11-18)14-29-26(34)20(27)12-16-7-4-3-5-8-16/h3-11,13,15,20H,12,14,27H2,1-2H3,(H,29,34)(H2,28,31,32)/t20-/m1/s1. The topological polar surface area (TPSA) is 114 Å². The molecule has 172 valence electrons. The number of rotatable bonds is 7.